The molecule has 0 amide bonds. The highest BCUT2D eigenvalue weighted by Crippen LogP contribution is 2.27. The van der Waals surface area contributed by atoms with Crippen LogP contribution < -0.4 is 20.4 Å². The number of hydrogen-bond donors (Lipinski definition) is 2. The molecule has 7 heteroatoms. The van der Waals surface area contributed by atoms with Crippen molar-refractivity contribution in [2.45, 2.75) is 58.4 Å². The van der Waals surface area contributed by atoms with Gasteiger partial charge in [-0.1, -0.05) is 50.1 Å². The van der Waals surface area contributed by atoms with Crippen LogP contribution in [0.4, 0.5) is 17.6 Å². The van der Waals surface area contributed by atoms with Gasteiger partial charge in [-0.05, 0) is 56.3 Å². The SMILES string of the molecule is CC1CCN(c2cc(N3CCCCCC3)nc(NC(=S)NC(C)c3ccccc3)n2)CC1. The molecule has 4 rings (SSSR count). The quantitative estimate of drug-likeness (QED) is 0.609. The van der Waals surface area contributed by atoms with Crippen LogP contribution in [0.1, 0.15) is 64.0 Å². The molecule has 0 radical (unpaired) electrons. The third-order valence-electron chi connectivity index (χ3n) is 6.61. The van der Waals surface area contributed by atoms with Crippen LogP contribution in [-0.4, -0.2) is 41.3 Å². The summed E-state index contributed by atoms with van der Waals surface area (Å²) in [6, 6.07) is 12.6. The smallest absolute Gasteiger partial charge is 0.232 e. The summed E-state index contributed by atoms with van der Waals surface area (Å²) in [5.74, 6) is 3.38. The summed E-state index contributed by atoms with van der Waals surface area (Å²) < 4.78 is 0. The summed E-state index contributed by atoms with van der Waals surface area (Å²) in [6.45, 7) is 8.65. The minimum absolute atomic E-state index is 0.105. The van der Waals surface area contributed by atoms with Gasteiger partial charge in [0.05, 0.1) is 6.04 Å². The first-order chi connectivity index (χ1) is 15.6. The Kier molecular flexibility index (Phi) is 7.79. The fourth-order valence-corrected chi connectivity index (χ4v) is 4.77. The van der Waals surface area contributed by atoms with E-state index in [2.05, 4.69) is 52.5 Å². The molecule has 2 fully saturated rings. The van der Waals surface area contributed by atoms with Gasteiger partial charge in [0.1, 0.15) is 11.6 Å². The molecule has 3 heterocycles. The molecule has 1 aromatic carbocycles. The second-order valence-corrected chi connectivity index (χ2v) is 9.62. The van der Waals surface area contributed by atoms with Crippen molar-refractivity contribution in [3.63, 3.8) is 0 Å². The molecule has 2 aliphatic heterocycles. The third kappa shape index (κ3) is 6.09. The van der Waals surface area contributed by atoms with E-state index in [1.807, 2.05) is 18.2 Å². The minimum atomic E-state index is 0.105. The lowest BCUT2D eigenvalue weighted by atomic mass is 9.99. The van der Waals surface area contributed by atoms with Crippen LogP contribution in [-0.2, 0) is 0 Å². The molecule has 2 saturated heterocycles. The minimum Gasteiger partial charge on any atom is -0.356 e. The summed E-state index contributed by atoms with van der Waals surface area (Å²) >= 11 is 5.62. The standard InChI is InChI=1S/C25H36N6S/c1-19-12-16-31(17-13-19)23-18-22(30-14-8-3-4-9-15-30)27-24(28-23)29-25(32)26-20(2)21-10-6-5-7-11-21/h5-7,10-11,18-20H,3-4,8-9,12-17H2,1-2H3,(H2,26,27,28,29,32). The van der Waals surface area contributed by atoms with E-state index in [0.717, 1.165) is 43.7 Å². The third-order valence-corrected chi connectivity index (χ3v) is 6.83. The highest BCUT2D eigenvalue weighted by atomic mass is 32.1. The van der Waals surface area contributed by atoms with Crippen molar-refractivity contribution in [1.82, 2.24) is 15.3 Å². The molecule has 1 aromatic heterocycles. The topological polar surface area (TPSA) is 56.3 Å². The molecule has 0 aliphatic carbocycles. The largest absolute Gasteiger partial charge is 0.356 e. The average molecular weight is 453 g/mol. The maximum Gasteiger partial charge on any atom is 0.232 e. The second kappa shape index (κ2) is 10.9. The Morgan fingerprint density at radius 3 is 2.16 bits per heavy atom. The predicted octanol–water partition coefficient (Wildman–Crippen LogP) is 5.14. The first-order valence-corrected chi connectivity index (χ1v) is 12.5. The molecule has 2 N–H and O–H groups in total. The van der Waals surface area contributed by atoms with E-state index in [4.69, 9.17) is 22.2 Å². The molecule has 6 nitrogen and oxygen atoms in total. The van der Waals surface area contributed by atoms with Crippen LogP contribution in [0, 0.1) is 5.92 Å². The highest BCUT2D eigenvalue weighted by Gasteiger charge is 2.21. The number of aromatic nitrogens is 2. The van der Waals surface area contributed by atoms with Crippen LogP contribution in [0.15, 0.2) is 36.4 Å². The zero-order valence-electron chi connectivity index (χ0n) is 19.4. The number of nitrogens with one attached hydrogen (secondary N) is 2. The maximum absolute atomic E-state index is 5.62. The number of benzene rings is 1. The second-order valence-electron chi connectivity index (χ2n) is 9.21. The van der Waals surface area contributed by atoms with Crippen LogP contribution in [0.2, 0.25) is 0 Å². The van der Waals surface area contributed by atoms with E-state index in [9.17, 15) is 0 Å². The maximum atomic E-state index is 5.62. The Morgan fingerprint density at radius 1 is 0.938 bits per heavy atom. The lowest BCUT2D eigenvalue weighted by Gasteiger charge is -2.32. The van der Waals surface area contributed by atoms with Crippen molar-refractivity contribution >= 4 is 34.9 Å². The number of anilines is 3. The first-order valence-electron chi connectivity index (χ1n) is 12.1. The monoisotopic (exact) mass is 452 g/mol. The Labute approximate surface area is 197 Å². The zero-order valence-corrected chi connectivity index (χ0v) is 20.2. The van der Waals surface area contributed by atoms with Crippen LogP contribution >= 0.6 is 12.2 Å². The van der Waals surface area contributed by atoms with Gasteiger partial charge in [-0.25, -0.2) is 0 Å². The number of nitrogens with zero attached hydrogens (tertiary/aromatic N) is 4. The molecule has 172 valence electrons. The van der Waals surface area contributed by atoms with Crippen molar-refractivity contribution < 1.29 is 0 Å². The van der Waals surface area contributed by atoms with Crippen molar-refractivity contribution in [3.05, 3.63) is 42.0 Å². The van der Waals surface area contributed by atoms with E-state index in [-0.39, 0.29) is 6.04 Å². The number of thiocarbonyl (C=S) groups is 1. The summed E-state index contributed by atoms with van der Waals surface area (Å²) in [4.78, 5) is 14.6. The molecule has 2 aromatic rings. The fourth-order valence-electron chi connectivity index (χ4n) is 4.50. The molecule has 0 bridgehead atoms. The number of rotatable bonds is 5. The molecule has 2 aliphatic rings. The highest BCUT2D eigenvalue weighted by molar-refractivity contribution is 7.80. The summed E-state index contributed by atoms with van der Waals surface area (Å²) in [7, 11) is 0. The van der Waals surface area contributed by atoms with Gasteiger partial charge in [0.2, 0.25) is 5.95 Å². The molecular formula is C25H36N6S. The Balaban J connectivity index is 1.52. The van der Waals surface area contributed by atoms with Gasteiger partial charge in [0.25, 0.3) is 0 Å². The number of piperidine rings is 1. The lowest BCUT2D eigenvalue weighted by molar-refractivity contribution is 0.436. The zero-order chi connectivity index (χ0) is 22.3. The fraction of sp³-hybridized carbons (Fsp3) is 0.560. The van der Waals surface area contributed by atoms with E-state index in [0.29, 0.717) is 11.1 Å². The summed E-state index contributed by atoms with van der Waals surface area (Å²) in [5.41, 5.74) is 1.19. The van der Waals surface area contributed by atoms with E-state index >= 15 is 0 Å². The average Bonchev–Trinajstić information content (AvgIpc) is 3.09. The number of hydrogen-bond acceptors (Lipinski definition) is 5. The summed E-state index contributed by atoms with van der Waals surface area (Å²) in [6.07, 6.45) is 7.46. The summed E-state index contributed by atoms with van der Waals surface area (Å²) in [5, 5.41) is 7.19. The molecule has 1 atom stereocenters. The van der Waals surface area contributed by atoms with Crippen molar-refractivity contribution in [1.29, 1.82) is 0 Å². The first kappa shape index (κ1) is 22.8. The van der Waals surface area contributed by atoms with Crippen molar-refractivity contribution in [2.24, 2.45) is 5.92 Å². The predicted molar refractivity (Wildman–Crippen MR) is 138 cm³/mol. The van der Waals surface area contributed by atoms with Gasteiger partial charge in [-0.2, -0.15) is 9.97 Å². The normalized spacial score (nSPS) is 18.7. The van der Waals surface area contributed by atoms with E-state index in [1.54, 1.807) is 0 Å². The molecule has 1 unspecified atom stereocenters. The van der Waals surface area contributed by atoms with Gasteiger partial charge < -0.3 is 20.4 Å². The van der Waals surface area contributed by atoms with Gasteiger partial charge in [0.15, 0.2) is 5.11 Å². The van der Waals surface area contributed by atoms with Crippen LogP contribution in [0.5, 0.6) is 0 Å². The van der Waals surface area contributed by atoms with E-state index in [1.165, 1.54) is 44.1 Å². The van der Waals surface area contributed by atoms with Gasteiger partial charge in [-0.15, -0.1) is 0 Å². The van der Waals surface area contributed by atoms with Gasteiger partial charge >= 0.3 is 0 Å². The Hall–Kier alpha value is -2.41. The van der Waals surface area contributed by atoms with Crippen LogP contribution in [0.25, 0.3) is 0 Å². The lowest BCUT2D eigenvalue weighted by Crippen LogP contribution is -2.35. The van der Waals surface area contributed by atoms with Crippen molar-refractivity contribution in [2.75, 3.05) is 41.3 Å². The molecular weight excluding hydrogens is 416 g/mol. The van der Waals surface area contributed by atoms with Crippen molar-refractivity contribution in [3.8, 4) is 0 Å². The Morgan fingerprint density at radius 2 is 1.53 bits per heavy atom. The van der Waals surface area contributed by atoms with E-state index < -0.39 is 0 Å². The van der Waals surface area contributed by atoms with Crippen LogP contribution in [0.3, 0.4) is 0 Å². The van der Waals surface area contributed by atoms with Gasteiger partial charge in [0, 0.05) is 32.2 Å². The molecule has 32 heavy (non-hydrogen) atoms. The van der Waals surface area contributed by atoms with Gasteiger partial charge in [-0.3, -0.25) is 0 Å². The molecule has 0 spiro atoms. The molecule has 0 saturated carbocycles. The Bertz CT molecular complexity index is 873.